The molecule has 0 aliphatic rings. The lowest BCUT2D eigenvalue weighted by molar-refractivity contribution is -0.114. The maximum absolute atomic E-state index is 11.9. The Bertz CT molecular complexity index is 634. The molecule has 0 heterocycles. The molecule has 104 valence electrons. The van der Waals surface area contributed by atoms with Crippen LogP contribution in [0.1, 0.15) is 0 Å². The topological polar surface area (TPSA) is 41.1 Å². The van der Waals surface area contributed by atoms with Gasteiger partial charge < -0.3 is 10.6 Å². The molecule has 20 heavy (non-hydrogen) atoms. The van der Waals surface area contributed by atoms with E-state index in [1.807, 2.05) is 24.3 Å². The van der Waals surface area contributed by atoms with E-state index in [-0.39, 0.29) is 12.5 Å². The molecule has 0 aliphatic carbocycles. The van der Waals surface area contributed by atoms with Gasteiger partial charge in [0.15, 0.2) is 0 Å². The molecule has 2 aromatic rings. The monoisotopic (exact) mass is 372 g/mol. The molecule has 0 radical (unpaired) electrons. The Labute approximate surface area is 135 Å². The van der Waals surface area contributed by atoms with Gasteiger partial charge in [0, 0.05) is 9.50 Å². The van der Waals surface area contributed by atoms with Crippen LogP contribution in [0, 0.1) is 0 Å². The normalized spacial score (nSPS) is 10.2. The summed E-state index contributed by atoms with van der Waals surface area (Å²) in [4.78, 5) is 11.9. The van der Waals surface area contributed by atoms with Crippen LogP contribution in [0.2, 0.25) is 10.0 Å². The molecule has 0 aliphatic heterocycles. The van der Waals surface area contributed by atoms with Crippen molar-refractivity contribution in [2.45, 2.75) is 0 Å². The minimum Gasteiger partial charge on any atom is -0.375 e. The van der Waals surface area contributed by atoms with Gasteiger partial charge in [0.25, 0.3) is 0 Å². The molecule has 0 atom stereocenters. The van der Waals surface area contributed by atoms with E-state index in [0.29, 0.717) is 15.7 Å². The van der Waals surface area contributed by atoms with Gasteiger partial charge in [-0.1, -0.05) is 35.3 Å². The Morgan fingerprint density at radius 3 is 2.60 bits per heavy atom. The molecular formula is C14H11BrCl2N2O. The third-order valence-electron chi connectivity index (χ3n) is 2.52. The van der Waals surface area contributed by atoms with Gasteiger partial charge in [0.05, 0.1) is 22.9 Å². The average molecular weight is 374 g/mol. The summed E-state index contributed by atoms with van der Waals surface area (Å²) in [6.45, 7) is 0.0986. The maximum atomic E-state index is 11.9. The van der Waals surface area contributed by atoms with Crippen LogP contribution in [-0.4, -0.2) is 12.5 Å². The first kappa shape index (κ1) is 15.2. The van der Waals surface area contributed by atoms with Crippen LogP contribution < -0.4 is 10.6 Å². The summed E-state index contributed by atoms with van der Waals surface area (Å²) < 4.78 is 0.828. The molecule has 2 rings (SSSR count). The number of carbonyl (C=O) groups excluding carboxylic acids is 1. The van der Waals surface area contributed by atoms with Crippen LogP contribution in [0.25, 0.3) is 0 Å². The van der Waals surface area contributed by atoms with Crippen molar-refractivity contribution in [2.75, 3.05) is 17.2 Å². The highest BCUT2D eigenvalue weighted by Gasteiger charge is 2.06. The molecular weight excluding hydrogens is 363 g/mol. The lowest BCUT2D eigenvalue weighted by Gasteiger charge is -2.10. The fraction of sp³-hybridized carbons (Fsp3) is 0.0714. The minimum absolute atomic E-state index is 0.0986. The number of amides is 1. The molecule has 2 N–H and O–H groups in total. The molecule has 6 heteroatoms. The zero-order valence-electron chi connectivity index (χ0n) is 10.3. The second-order valence-electron chi connectivity index (χ2n) is 4.01. The van der Waals surface area contributed by atoms with Crippen molar-refractivity contribution < 1.29 is 4.79 Å². The van der Waals surface area contributed by atoms with Crippen LogP contribution >= 0.6 is 39.1 Å². The van der Waals surface area contributed by atoms with E-state index >= 15 is 0 Å². The van der Waals surface area contributed by atoms with Crippen LogP contribution in [0.4, 0.5) is 11.4 Å². The molecule has 0 spiro atoms. The van der Waals surface area contributed by atoms with E-state index in [9.17, 15) is 4.79 Å². The number of halogens is 3. The van der Waals surface area contributed by atoms with E-state index in [2.05, 4.69) is 26.6 Å². The van der Waals surface area contributed by atoms with E-state index < -0.39 is 0 Å². The summed E-state index contributed by atoms with van der Waals surface area (Å²) in [5.41, 5.74) is 1.35. The highest BCUT2D eigenvalue weighted by Crippen LogP contribution is 2.25. The largest absolute Gasteiger partial charge is 0.375 e. The number of hydrogen-bond donors (Lipinski definition) is 2. The lowest BCUT2D eigenvalue weighted by Crippen LogP contribution is -2.22. The van der Waals surface area contributed by atoms with Crippen LogP contribution in [-0.2, 0) is 4.79 Å². The Balaban J connectivity index is 1.96. The molecule has 2 aromatic carbocycles. The molecule has 0 fully saturated rings. The SMILES string of the molecule is O=C(CNc1cc(Cl)ccc1Cl)Nc1ccccc1Br. The van der Waals surface area contributed by atoms with Crippen LogP contribution in [0.15, 0.2) is 46.9 Å². The number of hydrogen-bond acceptors (Lipinski definition) is 2. The minimum atomic E-state index is -0.173. The van der Waals surface area contributed by atoms with Crippen molar-refractivity contribution in [3.8, 4) is 0 Å². The van der Waals surface area contributed by atoms with E-state index in [0.717, 1.165) is 10.2 Å². The zero-order valence-corrected chi connectivity index (χ0v) is 13.4. The number of carbonyl (C=O) groups is 1. The predicted octanol–water partition coefficient (Wildman–Crippen LogP) is 4.81. The number of para-hydroxylation sites is 1. The predicted molar refractivity (Wildman–Crippen MR) is 87.7 cm³/mol. The Kier molecular flexibility index (Phi) is 5.29. The van der Waals surface area contributed by atoms with Gasteiger partial charge in [-0.2, -0.15) is 0 Å². The maximum Gasteiger partial charge on any atom is 0.243 e. The third-order valence-corrected chi connectivity index (χ3v) is 3.77. The number of rotatable bonds is 4. The highest BCUT2D eigenvalue weighted by molar-refractivity contribution is 9.10. The van der Waals surface area contributed by atoms with Crippen molar-refractivity contribution in [3.05, 3.63) is 57.0 Å². The Hall–Kier alpha value is -1.23. The second-order valence-corrected chi connectivity index (χ2v) is 5.70. The lowest BCUT2D eigenvalue weighted by atomic mass is 10.3. The summed E-state index contributed by atoms with van der Waals surface area (Å²) in [6.07, 6.45) is 0. The van der Waals surface area contributed by atoms with Gasteiger partial charge in [-0.3, -0.25) is 4.79 Å². The van der Waals surface area contributed by atoms with E-state index in [1.54, 1.807) is 18.2 Å². The third kappa shape index (κ3) is 4.13. The summed E-state index contributed by atoms with van der Waals surface area (Å²) in [7, 11) is 0. The molecule has 0 bridgehead atoms. The van der Waals surface area contributed by atoms with Gasteiger partial charge in [-0.15, -0.1) is 0 Å². The molecule has 0 saturated heterocycles. The van der Waals surface area contributed by atoms with Crippen LogP contribution in [0.3, 0.4) is 0 Å². The van der Waals surface area contributed by atoms with Crippen molar-refractivity contribution in [2.24, 2.45) is 0 Å². The Morgan fingerprint density at radius 1 is 1.10 bits per heavy atom. The number of benzene rings is 2. The molecule has 0 aromatic heterocycles. The van der Waals surface area contributed by atoms with Gasteiger partial charge >= 0.3 is 0 Å². The van der Waals surface area contributed by atoms with Crippen molar-refractivity contribution in [1.29, 1.82) is 0 Å². The summed E-state index contributed by atoms with van der Waals surface area (Å²) in [5.74, 6) is -0.173. The molecule has 0 unspecified atom stereocenters. The zero-order chi connectivity index (χ0) is 14.5. The van der Waals surface area contributed by atoms with Gasteiger partial charge in [0.2, 0.25) is 5.91 Å². The molecule has 3 nitrogen and oxygen atoms in total. The molecule has 0 saturated carbocycles. The van der Waals surface area contributed by atoms with Crippen molar-refractivity contribution >= 4 is 56.4 Å². The van der Waals surface area contributed by atoms with E-state index in [1.165, 1.54) is 0 Å². The Morgan fingerprint density at radius 2 is 1.85 bits per heavy atom. The van der Waals surface area contributed by atoms with Gasteiger partial charge in [-0.05, 0) is 46.3 Å². The first-order chi connectivity index (χ1) is 9.56. The second kappa shape index (κ2) is 6.97. The van der Waals surface area contributed by atoms with Crippen LogP contribution in [0.5, 0.6) is 0 Å². The average Bonchev–Trinajstić information content (AvgIpc) is 2.42. The highest BCUT2D eigenvalue weighted by atomic mass is 79.9. The number of nitrogens with one attached hydrogen (secondary N) is 2. The van der Waals surface area contributed by atoms with Crippen molar-refractivity contribution in [3.63, 3.8) is 0 Å². The quantitative estimate of drug-likeness (QED) is 0.807. The standard InChI is InChI=1S/C14H11BrCl2N2O/c15-10-3-1-2-4-12(10)19-14(20)8-18-13-7-9(16)5-6-11(13)17/h1-7,18H,8H2,(H,19,20). The summed E-state index contributed by atoms with van der Waals surface area (Å²) in [6, 6.07) is 12.4. The van der Waals surface area contributed by atoms with Crippen molar-refractivity contribution in [1.82, 2.24) is 0 Å². The fourth-order valence-corrected chi connectivity index (χ4v) is 2.31. The number of anilines is 2. The fourth-order valence-electron chi connectivity index (χ4n) is 1.57. The van der Waals surface area contributed by atoms with E-state index in [4.69, 9.17) is 23.2 Å². The first-order valence-corrected chi connectivity index (χ1v) is 7.34. The smallest absolute Gasteiger partial charge is 0.243 e. The van der Waals surface area contributed by atoms with Gasteiger partial charge in [-0.25, -0.2) is 0 Å². The first-order valence-electron chi connectivity index (χ1n) is 5.79. The molecule has 1 amide bonds. The van der Waals surface area contributed by atoms with Gasteiger partial charge in [0.1, 0.15) is 0 Å². The summed E-state index contributed by atoms with van der Waals surface area (Å²) in [5, 5.41) is 6.81. The summed E-state index contributed by atoms with van der Waals surface area (Å²) >= 11 is 15.3.